The summed E-state index contributed by atoms with van der Waals surface area (Å²) in [6.45, 7) is 2.06. The second-order valence-electron chi connectivity index (χ2n) is 3.10. The molecule has 1 aromatic carbocycles. The second-order valence-corrected chi connectivity index (χ2v) is 3.48. The van der Waals surface area contributed by atoms with E-state index in [1.807, 2.05) is 18.2 Å². The van der Waals surface area contributed by atoms with Gasteiger partial charge >= 0.3 is 0 Å². The van der Waals surface area contributed by atoms with Crippen molar-refractivity contribution in [3.05, 3.63) is 24.3 Å². The molecule has 0 atom stereocenters. The zero-order valence-corrected chi connectivity index (χ0v) is 9.38. The van der Waals surface area contributed by atoms with Crippen molar-refractivity contribution in [3.8, 4) is 5.75 Å². The zero-order valence-electron chi connectivity index (χ0n) is 8.63. The third kappa shape index (κ3) is 4.70. The Labute approximate surface area is 94.4 Å². The van der Waals surface area contributed by atoms with E-state index in [2.05, 4.69) is 5.32 Å². The number of halogens is 1. The average Bonchev–Trinajstić information content (AvgIpc) is 2.18. The Kier molecular flexibility index (Phi) is 4.98. The molecule has 1 rings (SSSR count). The van der Waals surface area contributed by atoms with Crippen LogP contribution in [0.5, 0.6) is 5.75 Å². The molecule has 0 aliphatic rings. The summed E-state index contributed by atoms with van der Waals surface area (Å²) in [7, 11) is 0. The van der Waals surface area contributed by atoms with Crippen molar-refractivity contribution in [2.24, 2.45) is 0 Å². The number of ether oxygens (including phenoxy) is 1. The van der Waals surface area contributed by atoms with Crippen molar-refractivity contribution in [3.63, 3.8) is 0 Å². The van der Waals surface area contributed by atoms with Gasteiger partial charge in [0.25, 0.3) is 0 Å². The number of benzene rings is 1. The maximum absolute atomic E-state index is 10.8. The highest BCUT2D eigenvalue weighted by atomic mass is 35.5. The molecule has 0 spiro atoms. The van der Waals surface area contributed by atoms with E-state index in [-0.39, 0.29) is 5.91 Å². The minimum absolute atomic E-state index is 0.0899. The summed E-state index contributed by atoms with van der Waals surface area (Å²) in [5.41, 5.74) is 0.742. The van der Waals surface area contributed by atoms with Crippen molar-refractivity contribution >= 4 is 23.2 Å². The number of alkyl halides is 1. The molecule has 1 N–H and O–H groups in total. The molecule has 0 fully saturated rings. The highest BCUT2D eigenvalue weighted by molar-refractivity contribution is 6.17. The minimum atomic E-state index is -0.0899. The fourth-order valence-corrected chi connectivity index (χ4v) is 1.22. The van der Waals surface area contributed by atoms with Gasteiger partial charge in [-0.2, -0.15) is 0 Å². The molecular formula is C11H14ClNO2. The summed E-state index contributed by atoms with van der Waals surface area (Å²) in [5.74, 6) is 1.24. The van der Waals surface area contributed by atoms with Crippen LogP contribution in [0.4, 0.5) is 5.69 Å². The molecule has 0 bridgehead atoms. The van der Waals surface area contributed by atoms with Crippen LogP contribution in [0, 0.1) is 0 Å². The van der Waals surface area contributed by atoms with Gasteiger partial charge in [-0.25, -0.2) is 0 Å². The summed E-state index contributed by atoms with van der Waals surface area (Å²) in [5, 5.41) is 2.69. The quantitative estimate of drug-likeness (QED) is 0.621. The Balaban J connectivity index is 2.53. The molecule has 82 valence electrons. The predicted octanol–water partition coefficient (Wildman–Crippen LogP) is 2.65. The molecule has 1 aromatic rings. The number of anilines is 1. The van der Waals surface area contributed by atoms with E-state index in [1.165, 1.54) is 6.92 Å². The van der Waals surface area contributed by atoms with E-state index in [1.54, 1.807) is 6.07 Å². The molecule has 15 heavy (non-hydrogen) atoms. The SMILES string of the molecule is CC(=O)Nc1cccc(OCCCCl)c1. The van der Waals surface area contributed by atoms with E-state index in [0.717, 1.165) is 17.9 Å². The summed E-state index contributed by atoms with van der Waals surface area (Å²) < 4.78 is 5.43. The number of rotatable bonds is 5. The lowest BCUT2D eigenvalue weighted by molar-refractivity contribution is -0.114. The molecule has 0 aromatic heterocycles. The third-order valence-electron chi connectivity index (χ3n) is 1.70. The number of hydrogen-bond donors (Lipinski definition) is 1. The minimum Gasteiger partial charge on any atom is -0.493 e. The maximum Gasteiger partial charge on any atom is 0.221 e. The molecule has 0 heterocycles. The first-order chi connectivity index (χ1) is 7.22. The van der Waals surface area contributed by atoms with Gasteiger partial charge in [-0.3, -0.25) is 4.79 Å². The first-order valence-electron chi connectivity index (χ1n) is 4.79. The number of nitrogens with one attached hydrogen (secondary N) is 1. The number of carbonyl (C=O) groups is 1. The molecule has 0 unspecified atom stereocenters. The molecule has 0 aliphatic carbocycles. The highest BCUT2D eigenvalue weighted by Crippen LogP contribution is 2.17. The number of hydrogen-bond acceptors (Lipinski definition) is 2. The van der Waals surface area contributed by atoms with Crippen LogP contribution in [0.15, 0.2) is 24.3 Å². The van der Waals surface area contributed by atoms with Gasteiger partial charge in [-0.05, 0) is 18.6 Å². The van der Waals surface area contributed by atoms with Gasteiger partial charge in [0.1, 0.15) is 5.75 Å². The van der Waals surface area contributed by atoms with E-state index < -0.39 is 0 Å². The molecule has 3 nitrogen and oxygen atoms in total. The van der Waals surface area contributed by atoms with Gasteiger partial charge in [-0.15, -0.1) is 11.6 Å². The monoisotopic (exact) mass is 227 g/mol. The van der Waals surface area contributed by atoms with Gasteiger partial charge in [0.15, 0.2) is 0 Å². The van der Waals surface area contributed by atoms with E-state index in [9.17, 15) is 4.79 Å². The second kappa shape index (κ2) is 6.30. The van der Waals surface area contributed by atoms with Crippen LogP contribution in [0.3, 0.4) is 0 Å². The Morgan fingerprint density at radius 1 is 1.53 bits per heavy atom. The number of amides is 1. The fourth-order valence-electron chi connectivity index (χ4n) is 1.11. The molecule has 0 saturated carbocycles. The summed E-state index contributed by atoms with van der Waals surface area (Å²) in [4.78, 5) is 10.8. The molecular weight excluding hydrogens is 214 g/mol. The van der Waals surface area contributed by atoms with Crippen LogP contribution in [-0.4, -0.2) is 18.4 Å². The zero-order chi connectivity index (χ0) is 11.1. The van der Waals surface area contributed by atoms with Crippen molar-refractivity contribution < 1.29 is 9.53 Å². The molecule has 0 saturated heterocycles. The largest absolute Gasteiger partial charge is 0.493 e. The van der Waals surface area contributed by atoms with Gasteiger partial charge in [0.05, 0.1) is 6.61 Å². The summed E-state index contributed by atoms with van der Waals surface area (Å²) >= 11 is 5.53. The third-order valence-corrected chi connectivity index (χ3v) is 1.97. The normalized spacial score (nSPS) is 9.73. The van der Waals surface area contributed by atoms with Crippen LogP contribution in [0.25, 0.3) is 0 Å². The Morgan fingerprint density at radius 2 is 2.33 bits per heavy atom. The predicted molar refractivity (Wildman–Crippen MR) is 61.6 cm³/mol. The topological polar surface area (TPSA) is 38.3 Å². The Bertz CT molecular complexity index is 328. The lowest BCUT2D eigenvalue weighted by Gasteiger charge is -2.07. The highest BCUT2D eigenvalue weighted by Gasteiger charge is 1.98. The molecule has 0 radical (unpaired) electrons. The number of carbonyl (C=O) groups excluding carboxylic acids is 1. The van der Waals surface area contributed by atoms with Crippen molar-refractivity contribution in [1.29, 1.82) is 0 Å². The Hall–Kier alpha value is -1.22. The van der Waals surface area contributed by atoms with Gasteiger partial charge in [-0.1, -0.05) is 6.07 Å². The van der Waals surface area contributed by atoms with Crippen molar-refractivity contribution in [1.82, 2.24) is 0 Å². The van der Waals surface area contributed by atoms with Crippen LogP contribution < -0.4 is 10.1 Å². The van der Waals surface area contributed by atoms with Gasteiger partial charge in [0.2, 0.25) is 5.91 Å². The summed E-state index contributed by atoms with van der Waals surface area (Å²) in [6, 6.07) is 7.28. The lowest BCUT2D eigenvalue weighted by Crippen LogP contribution is -2.06. The van der Waals surface area contributed by atoms with E-state index >= 15 is 0 Å². The standard InChI is InChI=1S/C11H14ClNO2/c1-9(14)13-10-4-2-5-11(8-10)15-7-3-6-12/h2,4-5,8H,3,6-7H2,1H3,(H,13,14). The molecule has 4 heteroatoms. The molecule has 1 amide bonds. The fraction of sp³-hybridized carbons (Fsp3) is 0.364. The van der Waals surface area contributed by atoms with Crippen molar-refractivity contribution in [2.75, 3.05) is 17.8 Å². The van der Waals surface area contributed by atoms with Crippen LogP contribution >= 0.6 is 11.6 Å². The van der Waals surface area contributed by atoms with E-state index in [4.69, 9.17) is 16.3 Å². The van der Waals surface area contributed by atoms with Gasteiger partial charge in [0, 0.05) is 24.6 Å². The average molecular weight is 228 g/mol. The van der Waals surface area contributed by atoms with E-state index in [0.29, 0.717) is 12.5 Å². The van der Waals surface area contributed by atoms with Gasteiger partial charge < -0.3 is 10.1 Å². The maximum atomic E-state index is 10.8. The van der Waals surface area contributed by atoms with Crippen molar-refractivity contribution in [2.45, 2.75) is 13.3 Å². The summed E-state index contributed by atoms with van der Waals surface area (Å²) in [6.07, 6.45) is 0.811. The Morgan fingerprint density at radius 3 is 3.00 bits per heavy atom. The molecule has 0 aliphatic heterocycles. The van der Waals surface area contributed by atoms with Crippen LogP contribution in [-0.2, 0) is 4.79 Å². The lowest BCUT2D eigenvalue weighted by atomic mass is 10.3. The smallest absolute Gasteiger partial charge is 0.221 e. The van der Waals surface area contributed by atoms with Crippen LogP contribution in [0.2, 0.25) is 0 Å². The van der Waals surface area contributed by atoms with Crippen LogP contribution in [0.1, 0.15) is 13.3 Å². The first-order valence-corrected chi connectivity index (χ1v) is 5.32. The first kappa shape index (κ1) is 11.9.